The maximum atomic E-state index is 8.56. The van der Waals surface area contributed by atoms with Crippen molar-refractivity contribution in [1.82, 2.24) is 9.97 Å². The largest absolute Gasteiger partial charge is 0.501 e. The van der Waals surface area contributed by atoms with E-state index in [0.717, 1.165) is 44.6 Å². The maximum Gasteiger partial charge on any atom is 0.120 e. The fourth-order valence-corrected chi connectivity index (χ4v) is 3.20. The van der Waals surface area contributed by atoms with Crippen LogP contribution in [0.5, 0.6) is 0 Å². The number of aryl methyl sites for hydroxylation is 2. The number of nitrogens with zero attached hydrogens (tertiary/aromatic N) is 2. The van der Waals surface area contributed by atoms with Gasteiger partial charge in [0.25, 0.3) is 0 Å². The maximum absolute atomic E-state index is 8.56. The molecule has 6 heteroatoms. The molecule has 0 saturated carbocycles. The van der Waals surface area contributed by atoms with E-state index in [4.69, 9.17) is 14.6 Å². The van der Waals surface area contributed by atoms with Gasteiger partial charge in [0.2, 0.25) is 0 Å². The van der Waals surface area contributed by atoms with Gasteiger partial charge in [-0.05, 0) is 40.2 Å². The monoisotopic (exact) mass is 570 g/mol. The number of aliphatic hydroxyl groups excluding tert-OH is 2. The van der Waals surface area contributed by atoms with Gasteiger partial charge in [0.05, 0.1) is 23.5 Å². The van der Waals surface area contributed by atoms with Crippen molar-refractivity contribution in [3.05, 3.63) is 60.0 Å². The molecule has 2 atom stereocenters. The van der Waals surface area contributed by atoms with Gasteiger partial charge in [0.15, 0.2) is 0 Å². The zero-order chi connectivity index (χ0) is 20.3. The van der Waals surface area contributed by atoms with E-state index in [1.165, 1.54) is 0 Å². The van der Waals surface area contributed by atoms with Crippen molar-refractivity contribution in [1.29, 1.82) is 0 Å². The molecule has 0 aliphatic carbocycles. The van der Waals surface area contributed by atoms with Crippen LogP contribution < -0.4 is 0 Å². The second-order valence-corrected chi connectivity index (χ2v) is 7.07. The molecule has 4 aromatic rings. The van der Waals surface area contributed by atoms with Gasteiger partial charge >= 0.3 is 0 Å². The minimum atomic E-state index is -0.375. The van der Waals surface area contributed by atoms with Gasteiger partial charge in [0, 0.05) is 43.1 Å². The van der Waals surface area contributed by atoms with Gasteiger partial charge in [-0.25, -0.2) is 0 Å². The van der Waals surface area contributed by atoms with Crippen LogP contribution in [-0.4, -0.2) is 32.4 Å². The van der Waals surface area contributed by atoms with Crippen LogP contribution in [0.1, 0.15) is 31.7 Å². The Balaban J connectivity index is 0.000000327. The first-order valence-corrected chi connectivity index (χ1v) is 9.35. The van der Waals surface area contributed by atoms with E-state index < -0.39 is 0 Å². The van der Waals surface area contributed by atoms with E-state index in [0.29, 0.717) is 6.42 Å². The number of benzene rings is 2. The van der Waals surface area contributed by atoms with Gasteiger partial charge in [-0.2, -0.15) is 0 Å². The molecule has 4 rings (SSSR count). The van der Waals surface area contributed by atoms with Crippen molar-refractivity contribution >= 4 is 21.9 Å². The number of furan rings is 1. The third-order valence-electron chi connectivity index (χ3n) is 4.32. The fraction of sp³-hybridized carbons (Fsp3) is 0.304. The van der Waals surface area contributed by atoms with Gasteiger partial charge in [-0.15, -0.1) is 18.2 Å². The minimum absolute atomic E-state index is 0. The predicted octanol–water partition coefficient (Wildman–Crippen LogP) is 4.60. The molecule has 0 bridgehead atoms. The first-order valence-electron chi connectivity index (χ1n) is 9.35. The third-order valence-corrected chi connectivity index (χ3v) is 4.32. The molecule has 0 saturated heterocycles. The normalized spacial score (nSPS) is 12.8. The van der Waals surface area contributed by atoms with Crippen LogP contribution in [-0.2, 0) is 20.1 Å². The molecule has 155 valence electrons. The van der Waals surface area contributed by atoms with Gasteiger partial charge in [0.1, 0.15) is 5.58 Å². The van der Waals surface area contributed by atoms with Crippen LogP contribution in [0.4, 0.5) is 0 Å². The number of fused-ring (bicyclic) bond motifs is 3. The summed E-state index contributed by atoms with van der Waals surface area (Å²) in [6, 6.07) is 15.2. The standard InChI is InChI=1S/C18H13N2O.C5H12O2.Ir/c1-11-10-19-17(12(2)20-11)15-8-5-7-14-13-6-3-4-9-16(13)21-18(14)15;1-4(6)3-5(2)7;/h3-7,9-10H,1-2H3;4-7H,3H2,1-2H3;/q-1;;. The van der Waals surface area contributed by atoms with E-state index in [1.54, 1.807) is 20.0 Å². The SMILES string of the molecule is CC(O)CC(C)O.Cc1cnc(-c2[c-]ccc3c2oc2ccccc23)c(C)n1.[Ir]. The minimum Gasteiger partial charge on any atom is -0.501 e. The van der Waals surface area contributed by atoms with Crippen molar-refractivity contribution in [3.63, 3.8) is 0 Å². The van der Waals surface area contributed by atoms with Gasteiger partial charge in [-0.1, -0.05) is 29.1 Å². The second-order valence-electron chi connectivity index (χ2n) is 7.07. The molecule has 2 aromatic heterocycles. The van der Waals surface area contributed by atoms with Crippen molar-refractivity contribution in [2.75, 3.05) is 0 Å². The summed E-state index contributed by atoms with van der Waals surface area (Å²) in [6.45, 7) is 7.22. The van der Waals surface area contributed by atoms with Crippen LogP contribution in [0.25, 0.3) is 33.2 Å². The predicted molar refractivity (Wildman–Crippen MR) is 111 cm³/mol. The number of rotatable bonds is 3. The number of hydrogen-bond donors (Lipinski definition) is 2. The quantitative estimate of drug-likeness (QED) is 0.353. The Hall–Kier alpha value is -2.11. The Morgan fingerprint density at radius 1 is 1.03 bits per heavy atom. The molecular formula is C23H25IrN2O3-. The van der Waals surface area contributed by atoms with Crippen molar-refractivity contribution < 1.29 is 34.7 Å². The van der Waals surface area contributed by atoms with Crippen LogP contribution in [0.15, 0.2) is 47.0 Å². The van der Waals surface area contributed by atoms with Crippen LogP contribution in [0.2, 0.25) is 0 Å². The molecule has 29 heavy (non-hydrogen) atoms. The van der Waals surface area contributed by atoms with Crippen LogP contribution >= 0.6 is 0 Å². The molecule has 2 unspecified atom stereocenters. The van der Waals surface area contributed by atoms with E-state index in [2.05, 4.69) is 22.1 Å². The summed E-state index contributed by atoms with van der Waals surface area (Å²) in [5.74, 6) is 0. The molecule has 2 N–H and O–H groups in total. The summed E-state index contributed by atoms with van der Waals surface area (Å²) >= 11 is 0. The Morgan fingerprint density at radius 3 is 2.34 bits per heavy atom. The Bertz CT molecular complexity index is 1080. The smallest absolute Gasteiger partial charge is 0.120 e. The summed E-state index contributed by atoms with van der Waals surface area (Å²) < 4.78 is 6.02. The summed E-state index contributed by atoms with van der Waals surface area (Å²) in [7, 11) is 0. The van der Waals surface area contributed by atoms with Crippen molar-refractivity contribution in [3.8, 4) is 11.3 Å². The molecule has 0 aliphatic heterocycles. The van der Waals surface area contributed by atoms with Crippen LogP contribution in [0.3, 0.4) is 0 Å². The van der Waals surface area contributed by atoms with Gasteiger partial charge < -0.3 is 19.6 Å². The molecule has 0 spiro atoms. The Morgan fingerprint density at radius 2 is 1.72 bits per heavy atom. The number of aliphatic hydroxyl groups is 2. The average Bonchev–Trinajstić information content (AvgIpc) is 3.00. The molecule has 0 aliphatic rings. The molecule has 5 nitrogen and oxygen atoms in total. The molecule has 2 aromatic carbocycles. The Kier molecular flexibility index (Phi) is 8.05. The van der Waals surface area contributed by atoms with Crippen molar-refractivity contribution in [2.45, 2.75) is 46.3 Å². The number of para-hydroxylation sites is 1. The fourth-order valence-electron chi connectivity index (χ4n) is 3.20. The summed E-state index contributed by atoms with van der Waals surface area (Å²) in [4.78, 5) is 9.00. The number of hydrogen-bond acceptors (Lipinski definition) is 5. The molecular weight excluding hydrogens is 544 g/mol. The topological polar surface area (TPSA) is 79.4 Å². The molecule has 2 heterocycles. The molecule has 0 amide bonds. The van der Waals surface area contributed by atoms with E-state index in [9.17, 15) is 0 Å². The third kappa shape index (κ3) is 5.49. The second kappa shape index (κ2) is 10.1. The summed E-state index contributed by atoms with van der Waals surface area (Å²) in [5, 5.41) is 19.3. The van der Waals surface area contributed by atoms with E-state index >= 15 is 0 Å². The number of aromatic nitrogens is 2. The van der Waals surface area contributed by atoms with Crippen molar-refractivity contribution in [2.24, 2.45) is 0 Å². The average molecular weight is 570 g/mol. The zero-order valence-corrected chi connectivity index (χ0v) is 19.3. The first-order chi connectivity index (χ1) is 13.4. The summed E-state index contributed by atoms with van der Waals surface area (Å²) in [6.07, 6.45) is 1.50. The first kappa shape index (κ1) is 23.2. The summed E-state index contributed by atoms with van der Waals surface area (Å²) in [5.41, 5.74) is 5.19. The van der Waals surface area contributed by atoms with E-state index in [1.807, 2.05) is 44.2 Å². The van der Waals surface area contributed by atoms with E-state index in [-0.39, 0.29) is 32.3 Å². The zero-order valence-electron chi connectivity index (χ0n) is 16.9. The molecule has 1 radical (unpaired) electrons. The molecule has 0 fully saturated rings. The Labute approximate surface area is 184 Å². The van der Waals surface area contributed by atoms with Crippen LogP contribution in [0, 0.1) is 19.9 Å². The van der Waals surface area contributed by atoms with Gasteiger partial charge in [-0.3, -0.25) is 4.98 Å².